The molecule has 0 bridgehead atoms. The van der Waals surface area contributed by atoms with Gasteiger partial charge >= 0.3 is 0 Å². The number of rotatable bonds is 8. The maximum Gasteiger partial charge on any atom is 0.170 e. The van der Waals surface area contributed by atoms with Crippen molar-refractivity contribution in [3.8, 4) is 0 Å². The van der Waals surface area contributed by atoms with Crippen LogP contribution in [0.1, 0.15) is 67.4 Å². The molecule has 0 aliphatic carbocycles. The predicted octanol–water partition coefficient (Wildman–Crippen LogP) is 5.23. The molecule has 0 N–H and O–H groups in total. The van der Waals surface area contributed by atoms with Crippen LogP contribution >= 0.6 is 0 Å². The van der Waals surface area contributed by atoms with E-state index in [2.05, 4.69) is 37.7 Å². The second-order valence-electron chi connectivity index (χ2n) is 5.92. The highest BCUT2D eigenvalue weighted by Crippen LogP contribution is 2.29. The minimum Gasteiger partial charge on any atom is -0.354 e. The summed E-state index contributed by atoms with van der Waals surface area (Å²) in [5.74, 6) is 0.219. The third-order valence-electron chi connectivity index (χ3n) is 4.16. The lowest BCUT2D eigenvalue weighted by Crippen LogP contribution is -2.13. The fourth-order valence-electron chi connectivity index (χ4n) is 3.10. The van der Waals surface area contributed by atoms with Crippen molar-refractivity contribution in [2.75, 3.05) is 0 Å². The molecule has 0 radical (unpaired) electrons. The topological polar surface area (TPSA) is 22.0 Å². The van der Waals surface area contributed by atoms with Gasteiger partial charge in [-0.05, 0) is 30.4 Å². The summed E-state index contributed by atoms with van der Waals surface area (Å²) in [6, 6.07) is 9.68. The van der Waals surface area contributed by atoms with Crippen LogP contribution in [0.2, 0.25) is 0 Å². The molecule has 2 heteroatoms. The van der Waals surface area contributed by atoms with Crippen molar-refractivity contribution >= 4 is 5.78 Å². The molecule has 0 saturated heterocycles. The normalized spacial score (nSPS) is 12.3. The maximum atomic E-state index is 12.9. The average molecular weight is 297 g/mol. The third kappa shape index (κ3) is 3.68. The van der Waals surface area contributed by atoms with Crippen molar-refractivity contribution in [1.82, 2.24) is 4.57 Å². The van der Waals surface area contributed by atoms with Gasteiger partial charge in [0.2, 0.25) is 0 Å². The molecule has 1 aromatic heterocycles. The number of Topliss-reactive ketones (excluding diaryl/α,β-unsaturated/α-hetero) is 1. The number of hydrogen-bond donors (Lipinski definition) is 0. The van der Waals surface area contributed by atoms with E-state index in [1.807, 2.05) is 30.3 Å². The number of aromatic nitrogens is 1. The number of nitrogens with zero attached hydrogens (tertiary/aromatic N) is 1. The van der Waals surface area contributed by atoms with Gasteiger partial charge in [0.15, 0.2) is 5.78 Å². The van der Waals surface area contributed by atoms with E-state index in [-0.39, 0.29) is 11.7 Å². The quantitative estimate of drug-likeness (QED) is 0.612. The Bertz CT molecular complexity index is 597. The fraction of sp³-hybridized carbons (Fsp3) is 0.450. The van der Waals surface area contributed by atoms with Crippen molar-refractivity contribution < 1.29 is 4.79 Å². The van der Waals surface area contributed by atoms with Crippen molar-refractivity contribution in [3.05, 3.63) is 59.4 Å². The molecule has 0 amide bonds. The molecule has 0 saturated carbocycles. The van der Waals surface area contributed by atoms with Crippen molar-refractivity contribution in [1.29, 1.82) is 0 Å². The highest BCUT2D eigenvalue weighted by atomic mass is 16.1. The van der Waals surface area contributed by atoms with E-state index in [0.717, 1.165) is 37.8 Å². The molecule has 1 heterocycles. The van der Waals surface area contributed by atoms with Crippen LogP contribution < -0.4 is 0 Å². The summed E-state index contributed by atoms with van der Waals surface area (Å²) in [5, 5.41) is 0. The number of aryl methyl sites for hydroxylation is 2. The predicted molar refractivity (Wildman–Crippen MR) is 92.5 cm³/mol. The van der Waals surface area contributed by atoms with E-state index < -0.39 is 0 Å². The van der Waals surface area contributed by atoms with Gasteiger partial charge in [0.1, 0.15) is 0 Å². The lowest BCUT2D eigenvalue weighted by Gasteiger charge is -2.15. The second kappa shape index (κ2) is 7.98. The van der Waals surface area contributed by atoms with Gasteiger partial charge in [0.25, 0.3) is 0 Å². The molecule has 0 spiro atoms. The molecule has 0 aliphatic rings. The summed E-state index contributed by atoms with van der Waals surface area (Å²) in [6.07, 6.45) is 8.56. The average Bonchev–Trinajstić information content (AvgIpc) is 2.92. The Balaban J connectivity index is 2.35. The van der Waals surface area contributed by atoms with Gasteiger partial charge in [-0.1, -0.05) is 57.5 Å². The monoisotopic (exact) mass is 297 g/mol. The van der Waals surface area contributed by atoms with Crippen molar-refractivity contribution in [2.45, 2.75) is 58.9 Å². The Morgan fingerprint density at radius 2 is 1.77 bits per heavy atom. The minimum absolute atomic E-state index is 0.0259. The third-order valence-corrected chi connectivity index (χ3v) is 4.16. The summed E-state index contributed by atoms with van der Waals surface area (Å²) >= 11 is 0. The molecule has 1 aromatic carbocycles. The Morgan fingerprint density at radius 3 is 2.36 bits per heavy atom. The molecule has 2 aromatic rings. The number of ketones is 1. The molecule has 1 atom stereocenters. The largest absolute Gasteiger partial charge is 0.354 e. The Labute approximate surface area is 134 Å². The van der Waals surface area contributed by atoms with Crippen LogP contribution in [0.25, 0.3) is 0 Å². The summed E-state index contributed by atoms with van der Waals surface area (Å²) in [6.45, 7) is 7.51. The zero-order chi connectivity index (χ0) is 15.9. The molecule has 0 fully saturated rings. The zero-order valence-electron chi connectivity index (χ0n) is 14.0. The molecule has 118 valence electrons. The fourth-order valence-corrected chi connectivity index (χ4v) is 3.10. The van der Waals surface area contributed by atoms with Gasteiger partial charge in [0.05, 0.1) is 0 Å². The first-order valence-electron chi connectivity index (χ1n) is 8.49. The van der Waals surface area contributed by atoms with E-state index in [0.29, 0.717) is 0 Å². The summed E-state index contributed by atoms with van der Waals surface area (Å²) in [7, 11) is 0. The SMILES string of the molecule is CCCc1cn(CCC)cc1C(CC)C(=O)c1ccccc1. The Morgan fingerprint density at radius 1 is 1.05 bits per heavy atom. The molecular weight excluding hydrogens is 270 g/mol. The van der Waals surface area contributed by atoms with Crippen LogP contribution in [0.5, 0.6) is 0 Å². The molecular formula is C20H27NO. The maximum absolute atomic E-state index is 12.9. The smallest absolute Gasteiger partial charge is 0.170 e. The van der Waals surface area contributed by atoms with Crippen LogP contribution in [-0.2, 0) is 13.0 Å². The summed E-state index contributed by atoms with van der Waals surface area (Å²) in [4.78, 5) is 12.9. The van der Waals surface area contributed by atoms with Gasteiger partial charge in [-0.3, -0.25) is 4.79 Å². The van der Waals surface area contributed by atoms with Crippen LogP contribution in [0.4, 0.5) is 0 Å². The van der Waals surface area contributed by atoms with Crippen molar-refractivity contribution in [3.63, 3.8) is 0 Å². The van der Waals surface area contributed by atoms with Crippen LogP contribution in [0.3, 0.4) is 0 Å². The molecule has 1 unspecified atom stereocenters. The van der Waals surface area contributed by atoms with Crippen molar-refractivity contribution in [2.24, 2.45) is 0 Å². The van der Waals surface area contributed by atoms with Gasteiger partial charge in [-0.15, -0.1) is 0 Å². The van der Waals surface area contributed by atoms with E-state index >= 15 is 0 Å². The number of carbonyl (C=O) groups is 1. The number of benzene rings is 1. The van der Waals surface area contributed by atoms with Crippen LogP contribution in [0, 0.1) is 0 Å². The lowest BCUT2D eigenvalue weighted by molar-refractivity contribution is 0.0957. The molecule has 0 aliphatic heterocycles. The Hall–Kier alpha value is -1.83. The Kier molecular flexibility index (Phi) is 6.00. The molecule has 22 heavy (non-hydrogen) atoms. The molecule has 2 nitrogen and oxygen atoms in total. The van der Waals surface area contributed by atoms with Gasteiger partial charge < -0.3 is 4.57 Å². The van der Waals surface area contributed by atoms with E-state index in [1.54, 1.807) is 0 Å². The van der Waals surface area contributed by atoms with E-state index in [4.69, 9.17) is 0 Å². The summed E-state index contributed by atoms with van der Waals surface area (Å²) in [5.41, 5.74) is 3.39. The van der Waals surface area contributed by atoms with E-state index in [9.17, 15) is 4.79 Å². The van der Waals surface area contributed by atoms with E-state index in [1.165, 1.54) is 11.1 Å². The first-order chi connectivity index (χ1) is 10.7. The summed E-state index contributed by atoms with van der Waals surface area (Å²) < 4.78 is 2.25. The second-order valence-corrected chi connectivity index (χ2v) is 5.92. The molecule has 2 rings (SSSR count). The standard InChI is InChI=1S/C20H27NO/c1-4-10-17-14-21(13-5-2)15-19(17)18(6-3)20(22)16-11-8-7-9-12-16/h7-9,11-12,14-15,18H,4-6,10,13H2,1-3H3. The van der Waals surface area contributed by atoms with Gasteiger partial charge in [-0.25, -0.2) is 0 Å². The lowest BCUT2D eigenvalue weighted by atomic mass is 9.87. The first-order valence-corrected chi connectivity index (χ1v) is 8.49. The van der Waals surface area contributed by atoms with Gasteiger partial charge in [-0.2, -0.15) is 0 Å². The first kappa shape index (κ1) is 16.5. The number of carbonyl (C=O) groups excluding carboxylic acids is 1. The van der Waals surface area contributed by atoms with Crippen LogP contribution in [0.15, 0.2) is 42.7 Å². The zero-order valence-corrected chi connectivity index (χ0v) is 14.0. The minimum atomic E-state index is -0.0259. The van der Waals surface area contributed by atoms with Crippen LogP contribution in [-0.4, -0.2) is 10.4 Å². The highest BCUT2D eigenvalue weighted by Gasteiger charge is 2.23. The highest BCUT2D eigenvalue weighted by molar-refractivity contribution is 6.01. The van der Waals surface area contributed by atoms with Gasteiger partial charge in [0, 0.05) is 30.4 Å². The number of hydrogen-bond acceptors (Lipinski definition) is 1.